The molecule has 1 aromatic rings. The number of tetrazole rings is 1. The van der Waals surface area contributed by atoms with E-state index in [1.807, 2.05) is 6.20 Å². The molecule has 0 radical (unpaired) electrons. The monoisotopic (exact) mass is 473 g/mol. The molecule has 186 valence electrons. The van der Waals surface area contributed by atoms with Crippen molar-refractivity contribution >= 4 is 11.4 Å². The zero-order valence-corrected chi connectivity index (χ0v) is 21.5. The maximum Gasteiger partial charge on any atom is 0.204 e. The number of aromatic nitrogens is 4. The molecule has 35 heavy (non-hydrogen) atoms. The fraction of sp³-hybridized carbons (Fsp3) is 0.429. The first-order valence-electron chi connectivity index (χ1n) is 12.7. The van der Waals surface area contributed by atoms with Crippen LogP contribution in [0, 0.1) is 0 Å². The summed E-state index contributed by atoms with van der Waals surface area (Å²) in [5, 5.41) is 21.8. The van der Waals surface area contributed by atoms with Crippen molar-refractivity contribution in [3.63, 3.8) is 0 Å². The van der Waals surface area contributed by atoms with Gasteiger partial charge in [0.25, 0.3) is 0 Å². The molecule has 0 saturated carbocycles. The smallest absolute Gasteiger partial charge is 0.204 e. The molecule has 0 spiro atoms. The SMILES string of the molecule is C=CN(CC1=CCC=C(C2=CC=CCC=C2c2nn[nH]n2)C=C1)/C(CCCC)=N\N(C)CCCC. The Morgan fingerprint density at radius 3 is 2.71 bits per heavy atom. The molecule has 0 amide bonds. The standard InChI is InChI=1S/C28H39N7/c1-5-8-18-27(31-34(4)21-9-6-2)35(7-3)22-23-14-13-15-24(20-19-23)25-16-11-10-12-17-26(25)28-29-32-33-30-28/h7,10-11,14-17,19-20H,3,5-6,8-9,12-13,18,21-22H2,1-2,4H3,(H,29,30,32,33)/b31-27-. The number of nitrogens with one attached hydrogen (secondary N) is 1. The van der Waals surface area contributed by atoms with Crippen LogP contribution in [0.15, 0.2) is 83.2 Å². The maximum absolute atomic E-state index is 4.94. The van der Waals surface area contributed by atoms with E-state index in [0.717, 1.165) is 80.6 Å². The Morgan fingerprint density at radius 1 is 1.11 bits per heavy atom. The topological polar surface area (TPSA) is 73.3 Å². The van der Waals surface area contributed by atoms with E-state index in [1.54, 1.807) is 0 Å². The minimum absolute atomic E-state index is 0.619. The van der Waals surface area contributed by atoms with E-state index >= 15 is 0 Å². The van der Waals surface area contributed by atoms with Crippen LogP contribution < -0.4 is 0 Å². The largest absolute Gasteiger partial charge is 0.331 e. The summed E-state index contributed by atoms with van der Waals surface area (Å²) >= 11 is 0. The lowest BCUT2D eigenvalue weighted by molar-refractivity contribution is 0.338. The number of aromatic amines is 1. The van der Waals surface area contributed by atoms with Crippen molar-refractivity contribution in [2.24, 2.45) is 5.10 Å². The van der Waals surface area contributed by atoms with Crippen molar-refractivity contribution < 1.29 is 0 Å². The van der Waals surface area contributed by atoms with Crippen molar-refractivity contribution in [2.45, 2.75) is 58.8 Å². The highest BCUT2D eigenvalue weighted by Crippen LogP contribution is 2.31. The highest BCUT2D eigenvalue weighted by Gasteiger charge is 2.17. The highest BCUT2D eigenvalue weighted by molar-refractivity contribution is 5.84. The molecule has 0 aromatic carbocycles. The van der Waals surface area contributed by atoms with Gasteiger partial charge in [-0.15, -0.1) is 10.2 Å². The van der Waals surface area contributed by atoms with Gasteiger partial charge in [-0.05, 0) is 53.8 Å². The summed E-state index contributed by atoms with van der Waals surface area (Å²) in [6.07, 6.45) is 26.5. The lowest BCUT2D eigenvalue weighted by atomic mass is 9.95. The number of hydrogen-bond donors (Lipinski definition) is 1. The van der Waals surface area contributed by atoms with Crippen LogP contribution in [0.4, 0.5) is 0 Å². The second-order valence-electron chi connectivity index (χ2n) is 8.77. The van der Waals surface area contributed by atoms with Crippen molar-refractivity contribution in [1.29, 1.82) is 0 Å². The zero-order valence-electron chi connectivity index (χ0n) is 21.5. The van der Waals surface area contributed by atoms with Crippen LogP contribution in [0.5, 0.6) is 0 Å². The van der Waals surface area contributed by atoms with Crippen LogP contribution in [-0.4, -0.2) is 56.5 Å². The van der Waals surface area contributed by atoms with E-state index in [2.05, 4.69) is 107 Å². The third kappa shape index (κ3) is 7.77. The van der Waals surface area contributed by atoms with Crippen molar-refractivity contribution in [3.05, 3.63) is 83.9 Å². The molecule has 0 unspecified atom stereocenters. The van der Waals surface area contributed by atoms with Gasteiger partial charge in [0.05, 0.1) is 0 Å². The van der Waals surface area contributed by atoms with Gasteiger partial charge < -0.3 is 4.90 Å². The van der Waals surface area contributed by atoms with Crippen LogP contribution in [0.1, 0.15) is 64.6 Å². The molecule has 0 aliphatic heterocycles. The number of allylic oxidation sites excluding steroid dienone is 10. The Bertz CT molecular complexity index is 1040. The van der Waals surface area contributed by atoms with Gasteiger partial charge in [-0.25, -0.2) is 0 Å². The second kappa shape index (κ2) is 14.0. The van der Waals surface area contributed by atoms with Gasteiger partial charge in [-0.2, -0.15) is 10.3 Å². The van der Waals surface area contributed by atoms with Gasteiger partial charge in [0.15, 0.2) is 0 Å². The quantitative estimate of drug-likeness (QED) is 0.230. The minimum Gasteiger partial charge on any atom is -0.331 e. The lowest BCUT2D eigenvalue weighted by Crippen LogP contribution is -2.30. The van der Waals surface area contributed by atoms with Gasteiger partial charge >= 0.3 is 0 Å². The fourth-order valence-electron chi connectivity index (χ4n) is 4.03. The predicted octanol–water partition coefficient (Wildman–Crippen LogP) is 5.96. The van der Waals surface area contributed by atoms with E-state index < -0.39 is 0 Å². The summed E-state index contributed by atoms with van der Waals surface area (Å²) in [5.74, 6) is 1.69. The lowest BCUT2D eigenvalue weighted by Gasteiger charge is -2.25. The Hall–Kier alpha value is -3.48. The van der Waals surface area contributed by atoms with Crippen LogP contribution in [-0.2, 0) is 0 Å². The third-order valence-corrected chi connectivity index (χ3v) is 6.02. The van der Waals surface area contributed by atoms with Crippen molar-refractivity contribution in [3.8, 4) is 0 Å². The summed E-state index contributed by atoms with van der Waals surface area (Å²) in [5.41, 5.74) is 4.50. The number of unbranched alkanes of at least 4 members (excludes halogenated alkanes) is 2. The molecule has 1 N–H and O–H groups in total. The molecular weight excluding hydrogens is 434 g/mol. The predicted molar refractivity (Wildman–Crippen MR) is 145 cm³/mol. The Balaban J connectivity index is 1.76. The zero-order chi connectivity index (χ0) is 24.9. The van der Waals surface area contributed by atoms with Gasteiger partial charge in [-0.3, -0.25) is 5.01 Å². The van der Waals surface area contributed by atoms with Crippen molar-refractivity contribution in [2.75, 3.05) is 20.1 Å². The number of H-pyrrole nitrogens is 1. The van der Waals surface area contributed by atoms with Crippen LogP contribution >= 0.6 is 0 Å². The first-order chi connectivity index (χ1) is 17.2. The molecule has 7 nitrogen and oxygen atoms in total. The average Bonchev–Trinajstić information content (AvgIpc) is 3.15. The summed E-state index contributed by atoms with van der Waals surface area (Å²) < 4.78 is 0. The van der Waals surface area contributed by atoms with Crippen molar-refractivity contribution in [1.82, 2.24) is 30.5 Å². The van der Waals surface area contributed by atoms with Gasteiger partial charge in [0.1, 0.15) is 5.84 Å². The normalized spacial score (nSPS) is 16.0. The van der Waals surface area contributed by atoms with Crippen LogP contribution in [0.2, 0.25) is 0 Å². The average molecular weight is 474 g/mol. The Kier molecular flexibility index (Phi) is 10.5. The molecule has 3 rings (SSSR count). The molecule has 1 heterocycles. The van der Waals surface area contributed by atoms with E-state index in [9.17, 15) is 0 Å². The fourth-order valence-corrected chi connectivity index (χ4v) is 4.03. The summed E-state index contributed by atoms with van der Waals surface area (Å²) in [7, 11) is 2.06. The number of amidine groups is 1. The minimum atomic E-state index is 0.619. The maximum atomic E-state index is 4.94. The number of nitrogens with zero attached hydrogens (tertiary/aromatic N) is 6. The second-order valence-corrected chi connectivity index (χ2v) is 8.77. The first kappa shape index (κ1) is 26.1. The molecule has 2 aliphatic rings. The van der Waals surface area contributed by atoms with Crippen LogP contribution in [0.3, 0.4) is 0 Å². The van der Waals surface area contributed by atoms with E-state index in [-0.39, 0.29) is 0 Å². The Morgan fingerprint density at radius 2 is 1.97 bits per heavy atom. The molecule has 0 fully saturated rings. The van der Waals surface area contributed by atoms with Crippen LogP contribution in [0.25, 0.3) is 5.57 Å². The van der Waals surface area contributed by atoms with E-state index in [1.165, 1.54) is 5.57 Å². The summed E-state index contributed by atoms with van der Waals surface area (Å²) in [6, 6.07) is 0. The highest BCUT2D eigenvalue weighted by atomic mass is 15.5. The first-order valence-corrected chi connectivity index (χ1v) is 12.7. The van der Waals surface area contributed by atoms with Gasteiger partial charge in [-0.1, -0.05) is 81.9 Å². The molecule has 0 bridgehead atoms. The molecule has 1 aromatic heterocycles. The van der Waals surface area contributed by atoms with Gasteiger partial charge in [0, 0.05) is 32.1 Å². The summed E-state index contributed by atoms with van der Waals surface area (Å²) in [4.78, 5) is 2.19. The molecule has 7 heteroatoms. The summed E-state index contributed by atoms with van der Waals surface area (Å²) in [6.45, 7) is 10.2. The van der Waals surface area contributed by atoms with E-state index in [4.69, 9.17) is 5.10 Å². The third-order valence-electron chi connectivity index (χ3n) is 6.02. The number of rotatable bonds is 12. The number of hydrazone groups is 1. The molecule has 0 atom stereocenters. The van der Waals surface area contributed by atoms with Gasteiger partial charge in [0.2, 0.25) is 5.82 Å². The molecule has 0 saturated heterocycles. The Labute approximate surface area is 210 Å². The van der Waals surface area contributed by atoms with E-state index in [0.29, 0.717) is 5.82 Å². The molecule has 2 aliphatic carbocycles. The number of hydrogen-bond acceptors (Lipinski definition) is 5. The molecular formula is C28H39N7.